The van der Waals surface area contributed by atoms with Gasteiger partial charge < -0.3 is 0 Å². The second-order valence-electron chi connectivity index (χ2n) is 2.16. The van der Waals surface area contributed by atoms with E-state index in [9.17, 15) is 0 Å². The van der Waals surface area contributed by atoms with E-state index in [1.807, 2.05) is 0 Å². The zero-order valence-electron chi connectivity index (χ0n) is 6.34. The van der Waals surface area contributed by atoms with E-state index in [1.54, 1.807) is 24.9 Å². The number of nitrogens with zero attached hydrogens (tertiary/aromatic N) is 6. The third kappa shape index (κ3) is 1.47. The van der Waals surface area contributed by atoms with E-state index in [1.165, 1.54) is 0 Å². The Kier molecular flexibility index (Phi) is 2.08. The average Bonchev–Trinajstić information content (AvgIpc) is 2.36. The fourth-order valence-corrected chi connectivity index (χ4v) is 0.812. The molecule has 0 bridgehead atoms. The number of azide groups is 1. The van der Waals surface area contributed by atoms with Gasteiger partial charge in [0.05, 0.1) is 17.9 Å². The molecule has 0 saturated carbocycles. The van der Waals surface area contributed by atoms with Gasteiger partial charge in [-0.05, 0) is 5.53 Å². The molecule has 0 saturated heterocycles. The number of hydrogen-bond acceptors (Lipinski definition) is 3. The smallest absolute Gasteiger partial charge is 0.0782 e. The number of hydrogen-bond donors (Lipinski definition) is 0. The van der Waals surface area contributed by atoms with Crippen molar-refractivity contribution in [3.05, 3.63) is 22.3 Å². The molecule has 1 rings (SSSR count). The van der Waals surface area contributed by atoms with Gasteiger partial charge in [-0.1, -0.05) is 17.3 Å². The largest absolute Gasteiger partial charge is 0.252 e. The lowest BCUT2D eigenvalue weighted by Gasteiger charge is -2.01. The first-order chi connectivity index (χ1) is 5.25. The van der Waals surface area contributed by atoms with E-state index >= 15 is 0 Å². The van der Waals surface area contributed by atoms with Crippen LogP contribution in [0.1, 0.15) is 18.7 Å². The van der Waals surface area contributed by atoms with Gasteiger partial charge in [0.15, 0.2) is 0 Å². The van der Waals surface area contributed by atoms with E-state index in [-0.39, 0.29) is 6.04 Å². The molecule has 11 heavy (non-hydrogen) atoms. The number of aryl methyl sites for hydroxylation is 1. The summed E-state index contributed by atoms with van der Waals surface area (Å²) in [4.78, 5) is 2.69. The van der Waals surface area contributed by atoms with Crippen molar-refractivity contribution in [2.24, 2.45) is 12.2 Å². The molecule has 1 heterocycles. The van der Waals surface area contributed by atoms with E-state index in [2.05, 4.69) is 20.3 Å². The lowest BCUT2D eigenvalue weighted by Crippen LogP contribution is -1.99. The zero-order valence-corrected chi connectivity index (χ0v) is 6.34. The SMILES string of the molecule is C[C@@H](N=[N+]=[N-])c1cnnn1C. The Morgan fingerprint density at radius 2 is 2.55 bits per heavy atom. The van der Waals surface area contributed by atoms with E-state index < -0.39 is 0 Å². The van der Waals surface area contributed by atoms with Crippen molar-refractivity contribution in [3.63, 3.8) is 0 Å². The highest BCUT2D eigenvalue weighted by atomic mass is 15.4. The second-order valence-corrected chi connectivity index (χ2v) is 2.16. The van der Waals surface area contributed by atoms with Gasteiger partial charge in [0, 0.05) is 12.0 Å². The van der Waals surface area contributed by atoms with Gasteiger partial charge in [-0.25, -0.2) is 0 Å². The summed E-state index contributed by atoms with van der Waals surface area (Å²) in [6.45, 7) is 1.79. The van der Waals surface area contributed by atoms with Crippen LogP contribution in [0.15, 0.2) is 11.3 Å². The molecule has 0 aromatic carbocycles. The molecule has 0 radical (unpaired) electrons. The fourth-order valence-electron chi connectivity index (χ4n) is 0.812. The van der Waals surface area contributed by atoms with E-state index in [4.69, 9.17) is 5.53 Å². The summed E-state index contributed by atoms with van der Waals surface area (Å²) in [5.41, 5.74) is 8.94. The Morgan fingerprint density at radius 1 is 1.82 bits per heavy atom. The van der Waals surface area contributed by atoms with Crippen LogP contribution in [0.4, 0.5) is 0 Å². The summed E-state index contributed by atoms with van der Waals surface area (Å²) in [5, 5.41) is 10.9. The Balaban J connectivity index is 2.92. The van der Waals surface area contributed by atoms with Crippen LogP contribution in [0.2, 0.25) is 0 Å². The normalized spacial score (nSPS) is 12.2. The maximum atomic E-state index is 8.13. The molecule has 0 spiro atoms. The summed E-state index contributed by atoms with van der Waals surface area (Å²) < 4.78 is 1.58. The minimum absolute atomic E-state index is 0.208. The standard InChI is InChI=1S/C5H8N6/c1-4(8-9-6)5-3-7-10-11(5)2/h3-4H,1-2H3/t4-/m1/s1. The summed E-state index contributed by atoms with van der Waals surface area (Å²) in [5.74, 6) is 0. The molecule has 0 aliphatic carbocycles. The first-order valence-corrected chi connectivity index (χ1v) is 3.14. The Morgan fingerprint density at radius 3 is 3.00 bits per heavy atom. The van der Waals surface area contributed by atoms with Crippen LogP contribution < -0.4 is 0 Å². The highest BCUT2D eigenvalue weighted by Crippen LogP contribution is 2.13. The van der Waals surface area contributed by atoms with Crippen LogP contribution in [0.25, 0.3) is 10.4 Å². The molecule has 1 aromatic rings. The molecule has 6 heteroatoms. The van der Waals surface area contributed by atoms with E-state index in [0.717, 1.165) is 5.69 Å². The molecule has 0 aliphatic rings. The molecule has 58 valence electrons. The van der Waals surface area contributed by atoms with Gasteiger partial charge in [-0.2, -0.15) is 0 Å². The monoisotopic (exact) mass is 152 g/mol. The molecule has 1 aromatic heterocycles. The Bertz CT molecular complexity index is 283. The number of rotatable bonds is 2. The predicted octanol–water partition coefficient (Wildman–Crippen LogP) is 1.19. The minimum Gasteiger partial charge on any atom is -0.252 e. The van der Waals surface area contributed by atoms with Gasteiger partial charge in [0.1, 0.15) is 0 Å². The molecule has 6 nitrogen and oxygen atoms in total. The first kappa shape index (κ1) is 7.56. The lowest BCUT2D eigenvalue weighted by molar-refractivity contribution is 0.635. The van der Waals surface area contributed by atoms with Gasteiger partial charge in [0.2, 0.25) is 0 Å². The van der Waals surface area contributed by atoms with Crippen molar-refractivity contribution in [3.8, 4) is 0 Å². The van der Waals surface area contributed by atoms with Gasteiger partial charge in [-0.3, -0.25) is 4.68 Å². The topological polar surface area (TPSA) is 79.5 Å². The lowest BCUT2D eigenvalue weighted by atomic mass is 10.3. The van der Waals surface area contributed by atoms with Crippen LogP contribution in [-0.4, -0.2) is 15.0 Å². The second kappa shape index (κ2) is 3.03. The molecule has 0 N–H and O–H groups in total. The zero-order chi connectivity index (χ0) is 8.27. The van der Waals surface area contributed by atoms with Crippen molar-refractivity contribution in [2.45, 2.75) is 13.0 Å². The summed E-state index contributed by atoms with van der Waals surface area (Å²) >= 11 is 0. The maximum absolute atomic E-state index is 8.13. The predicted molar refractivity (Wildman–Crippen MR) is 38.6 cm³/mol. The third-order valence-corrected chi connectivity index (χ3v) is 1.40. The molecule has 0 unspecified atom stereocenters. The maximum Gasteiger partial charge on any atom is 0.0782 e. The van der Waals surface area contributed by atoms with Crippen molar-refractivity contribution in [1.82, 2.24) is 15.0 Å². The first-order valence-electron chi connectivity index (χ1n) is 3.14. The van der Waals surface area contributed by atoms with Crippen molar-refractivity contribution in [2.75, 3.05) is 0 Å². The third-order valence-electron chi connectivity index (χ3n) is 1.40. The highest BCUT2D eigenvalue weighted by Gasteiger charge is 2.06. The van der Waals surface area contributed by atoms with Crippen LogP contribution in [0, 0.1) is 0 Å². The molecular weight excluding hydrogens is 144 g/mol. The van der Waals surface area contributed by atoms with Crippen molar-refractivity contribution >= 4 is 0 Å². The molecule has 0 fully saturated rings. The molecular formula is C5H8N6. The van der Waals surface area contributed by atoms with Crippen LogP contribution in [0.3, 0.4) is 0 Å². The summed E-state index contributed by atoms with van der Waals surface area (Å²) in [6, 6.07) is -0.208. The number of aromatic nitrogens is 3. The molecule has 1 atom stereocenters. The van der Waals surface area contributed by atoms with Crippen LogP contribution >= 0.6 is 0 Å². The fraction of sp³-hybridized carbons (Fsp3) is 0.600. The van der Waals surface area contributed by atoms with Crippen LogP contribution in [-0.2, 0) is 7.05 Å². The molecule has 0 amide bonds. The van der Waals surface area contributed by atoms with Gasteiger partial charge in [0.25, 0.3) is 0 Å². The highest BCUT2D eigenvalue weighted by molar-refractivity contribution is 4.99. The summed E-state index contributed by atoms with van der Waals surface area (Å²) in [6.07, 6.45) is 1.58. The minimum atomic E-state index is -0.208. The Labute approximate surface area is 63.5 Å². The van der Waals surface area contributed by atoms with Crippen molar-refractivity contribution < 1.29 is 0 Å². The summed E-state index contributed by atoms with van der Waals surface area (Å²) in [7, 11) is 1.76. The van der Waals surface area contributed by atoms with E-state index in [0.29, 0.717) is 0 Å². The van der Waals surface area contributed by atoms with Crippen molar-refractivity contribution in [1.29, 1.82) is 0 Å². The average molecular weight is 152 g/mol. The van der Waals surface area contributed by atoms with Crippen LogP contribution in [0.5, 0.6) is 0 Å². The quantitative estimate of drug-likeness (QED) is 0.362. The van der Waals surface area contributed by atoms with Gasteiger partial charge in [-0.15, -0.1) is 5.10 Å². The Hall–Kier alpha value is -1.55. The molecule has 0 aliphatic heterocycles. The van der Waals surface area contributed by atoms with Gasteiger partial charge >= 0.3 is 0 Å².